The van der Waals surface area contributed by atoms with E-state index in [2.05, 4.69) is 25.5 Å². The standard InChI is InChI=1S/C29H33N9O4/c1-17-22(18(2)37(33-17)24-10-9-23-32-31-19(3)38(23)34-24)8-11-25(39)36-14-12-35(13-15-36)16-20-4-6-21(7-5-20)30-26-27(40)29(42)28(26)41/h4-7,9-10,26-27,30,40H,8,11-16H2,1-3H3. The van der Waals surface area contributed by atoms with Crippen LogP contribution in [-0.4, -0.2) is 100 Å². The fraction of sp³-hybridized carbons (Fsp3) is 0.414. The molecule has 1 saturated heterocycles. The Morgan fingerprint density at radius 1 is 0.952 bits per heavy atom. The molecule has 1 aliphatic heterocycles. The van der Waals surface area contributed by atoms with Gasteiger partial charge in [-0.1, -0.05) is 12.1 Å². The number of aryl methyl sites for hydroxylation is 2. The van der Waals surface area contributed by atoms with Crippen molar-refractivity contribution in [1.82, 2.24) is 39.4 Å². The Labute approximate surface area is 242 Å². The molecule has 2 atom stereocenters. The number of nitrogens with zero attached hydrogens (tertiary/aromatic N) is 8. The van der Waals surface area contributed by atoms with E-state index in [1.807, 2.05) is 66.8 Å². The third-order valence-electron chi connectivity index (χ3n) is 8.17. The molecule has 42 heavy (non-hydrogen) atoms. The Hall–Kier alpha value is -4.49. The van der Waals surface area contributed by atoms with Crippen molar-refractivity contribution in [1.29, 1.82) is 0 Å². The van der Waals surface area contributed by atoms with E-state index in [4.69, 9.17) is 5.10 Å². The molecular formula is C29H33N9O4. The number of benzene rings is 1. The lowest BCUT2D eigenvalue weighted by Gasteiger charge is -2.35. The minimum absolute atomic E-state index is 0.141. The van der Waals surface area contributed by atoms with Gasteiger partial charge in [-0.25, -0.2) is 4.68 Å². The second-order valence-corrected chi connectivity index (χ2v) is 10.9. The minimum atomic E-state index is -1.27. The molecule has 218 valence electrons. The van der Waals surface area contributed by atoms with Crippen molar-refractivity contribution in [3.05, 3.63) is 64.7 Å². The first kappa shape index (κ1) is 27.7. The summed E-state index contributed by atoms with van der Waals surface area (Å²) < 4.78 is 3.50. The highest BCUT2D eigenvalue weighted by molar-refractivity contribution is 6.49. The van der Waals surface area contributed by atoms with E-state index >= 15 is 0 Å². The van der Waals surface area contributed by atoms with Crippen LogP contribution in [0.3, 0.4) is 0 Å². The fourth-order valence-corrected chi connectivity index (χ4v) is 5.59. The summed E-state index contributed by atoms with van der Waals surface area (Å²) in [6.07, 6.45) is -0.240. The maximum absolute atomic E-state index is 13.1. The predicted octanol–water partition coefficient (Wildman–Crippen LogP) is 0.805. The van der Waals surface area contributed by atoms with Crippen molar-refractivity contribution < 1.29 is 19.5 Å². The van der Waals surface area contributed by atoms with Crippen LogP contribution in [-0.2, 0) is 27.3 Å². The van der Waals surface area contributed by atoms with Crippen LogP contribution in [0.4, 0.5) is 5.69 Å². The fourth-order valence-electron chi connectivity index (χ4n) is 5.59. The summed E-state index contributed by atoms with van der Waals surface area (Å²) in [7, 11) is 0. The number of aliphatic hydroxyl groups excluding tert-OH is 1. The van der Waals surface area contributed by atoms with Crippen molar-refractivity contribution in [3.8, 4) is 5.82 Å². The molecule has 4 aromatic rings. The van der Waals surface area contributed by atoms with E-state index in [0.29, 0.717) is 48.9 Å². The van der Waals surface area contributed by atoms with E-state index in [9.17, 15) is 19.5 Å². The molecule has 2 fully saturated rings. The van der Waals surface area contributed by atoms with Gasteiger partial charge < -0.3 is 15.3 Å². The molecule has 1 aliphatic carbocycles. The molecule has 4 heterocycles. The van der Waals surface area contributed by atoms with Gasteiger partial charge >= 0.3 is 0 Å². The van der Waals surface area contributed by atoms with E-state index in [1.54, 1.807) is 4.52 Å². The Bertz CT molecular complexity index is 1670. The average Bonchev–Trinajstić information content (AvgIpc) is 3.52. The number of carbonyl (C=O) groups is 3. The van der Waals surface area contributed by atoms with Crippen molar-refractivity contribution in [2.24, 2.45) is 0 Å². The van der Waals surface area contributed by atoms with Crippen molar-refractivity contribution in [3.63, 3.8) is 0 Å². The highest BCUT2D eigenvalue weighted by Crippen LogP contribution is 2.21. The maximum atomic E-state index is 13.1. The first-order valence-electron chi connectivity index (χ1n) is 14.1. The summed E-state index contributed by atoms with van der Waals surface area (Å²) in [5.74, 6) is 0.188. The second-order valence-electron chi connectivity index (χ2n) is 10.9. The Balaban J connectivity index is 0.994. The first-order chi connectivity index (χ1) is 20.2. The smallest absolute Gasteiger partial charge is 0.231 e. The summed E-state index contributed by atoms with van der Waals surface area (Å²) in [5.41, 5.74) is 5.37. The zero-order chi connectivity index (χ0) is 29.5. The van der Waals surface area contributed by atoms with Crippen LogP contribution < -0.4 is 5.32 Å². The number of rotatable bonds is 8. The molecule has 1 saturated carbocycles. The second kappa shape index (κ2) is 11.1. The van der Waals surface area contributed by atoms with Crippen molar-refractivity contribution in [2.75, 3.05) is 31.5 Å². The Morgan fingerprint density at radius 3 is 2.40 bits per heavy atom. The van der Waals surface area contributed by atoms with Gasteiger partial charge in [-0.05, 0) is 62.6 Å². The number of ketones is 2. The number of carbonyl (C=O) groups excluding carboxylic acids is 3. The number of nitrogens with one attached hydrogen (secondary N) is 1. The van der Waals surface area contributed by atoms with Crippen LogP contribution >= 0.6 is 0 Å². The van der Waals surface area contributed by atoms with Gasteiger partial charge in [0.2, 0.25) is 17.5 Å². The number of piperazine rings is 1. The Morgan fingerprint density at radius 2 is 1.69 bits per heavy atom. The molecule has 13 nitrogen and oxygen atoms in total. The van der Waals surface area contributed by atoms with Gasteiger partial charge in [-0.15, -0.1) is 15.3 Å². The van der Waals surface area contributed by atoms with Crippen molar-refractivity contribution in [2.45, 2.75) is 52.3 Å². The van der Waals surface area contributed by atoms with Crippen LogP contribution in [0.15, 0.2) is 36.4 Å². The summed E-state index contributed by atoms with van der Waals surface area (Å²) in [6.45, 7) is 9.48. The molecule has 2 aliphatic rings. The van der Waals surface area contributed by atoms with Crippen LogP contribution in [0.5, 0.6) is 0 Å². The normalized spacial score (nSPS) is 19.4. The van der Waals surface area contributed by atoms with E-state index in [1.165, 1.54) is 0 Å². The lowest BCUT2D eigenvalue weighted by atomic mass is 9.85. The number of Topliss-reactive ketones (excluding diaryl/α,β-unsaturated/α-hetero) is 2. The van der Waals surface area contributed by atoms with Crippen LogP contribution in [0.2, 0.25) is 0 Å². The summed E-state index contributed by atoms with van der Waals surface area (Å²) in [6, 6.07) is 10.5. The number of hydrogen-bond donors (Lipinski definition) is 2. The number of hydrogen-bond acceptors (Lipinski definition) is 10. The van der Waals surface area contributed by atoms with Crippen LogP contribution in [0.25, 0.3) is 11.5 Å². The van der Waals surface area contributed by atoms with Gasteiger partial charge in [-0.2, -0.15) is 9.61 Å². The molecule has 0 spiro atoms. The zero-order valence-corrected chi connectivity index (χ0v) is 23.8. The maximum Gasteiger partial charge on any atom is 0.231 e. The summed E-state index contributed by atoms with van der Waals surface area (Å²) in [4.78, 5) is 40.2. The van der Waals surface area contributed by atoms with Crippen LogP contribution in [0.1, 0.15) is 34.8 Å². The number of aliphatic hydroxyl groups is 1. The van der Waals surface area contributed by atoms with E-state index in [0.717, 1.165) is 42.1 Å². The van der Waals surface area contributed by atoms with Gasteiger partial charge in [0, 0.05) is 50.5 Å². The van der Waals surface area contributed by atoms with Gasteiger partial charge in [0.1, 0.15) is 12.1 Å². The molecule has 0 radical (unpaired) electrons. The largest absolute Gasteiger partial charge is 0.382 e. The zero-order valence-electron chi connectivity index (χ0n) is 23.8. The molecule has 0 bridgehead atoms. The van der Waals surface area contributed by atoms with E-state index < -0.39 is 23.7 Å². The van der Waals surface area contributed by atoms with Gasteiger partial charge in [0.25, 0.3) is 0 Å². The first-order valence-corrected chi connectivity index (χ1v) is 14.1. The predicted molar refractivity (Wildman–Crippen MR) is 152 cm³/mol. The third kappa shape index (κ3) is 5.16. The third-order valence-corrected chi connectivity index (χ3v) is 8.17. The number of amides is 1. The molecule has 13 heteroatoms. The Kier molecular flexibility index (Phi) is 7.29. The SMILES string of the molecule is Cc1nn(-c2ccc3nnc(C)n3n2)c(C)c1CCC(=O)N1CCN(Cc2ccc(NC3C(=O)C(=O)C3O)cc2)CC1. The lowest BCUT2D eigenvalue weighted by molar-refractivity contribution is -0.152. The van der Waals surface area contributed by atoms with E-state index in [-0.39, 0.29) is 5.91 Å². The summed E-state index contributed by atoms with van der Waals surface area (Å²) in [5, 5.41) is 30.1. The monoisotopic (exact) mass is 571 g/mol. The molecule has 6 rings (SSSR count). The summed E-state index contributed by atoms with van der Waals surface area (Å²) >= 11 is 0. The molecule has 3 aromatic heterocycles. The molecule has 2 N–H and O–H groups in total. The number of aromatic nitrogens is 6. The number of fused-ring (bicyclic) bond motifs is 1. The quantitative estimate of drug-likeness (QED) is 0.291. The van der Waals surface area contributed by atoms with Crippen LogP contribution in [0, 0.1) is 20.8 Å². The lowest BCUT2D eigenvalue weighted by Crippen LogP contribution is -2.61. The van der Waals surface area contributed by atoms with Gasteiger partial charge in [0.05, 0.1) is 5.69 Å². The molecule has 2 unspecified atom stereocenters. The highest BCUT2D eigenvalue weighted by Gasteiger charge is 2.48. The molecule has 1 aromatic carbocycles. The average molecular weight is 572 g/mol. The number of anilines is 1. The molecular weight excluding hydrogens is 538 g/mol. The topological polar surface area (TPSA) is 151 Å². The molecule has 1 amide bonds. The van der Waals surface area contributed by atoms with Crippen molar-refractivity contribution >= 4 is 28.8 Å². The highest BCUT2D eigenvalue weighted by atomic mass is 16.3. The van der Waals surface area contributed by atoms with Gasteiger partial charge in [0.15, 0.2) is 17.3 Å². The minimum Gasteiger partial charge on any atom is -0.382 e. The van der Waals surface area contributed by atoms with Gasteiger partial charge in [-0.3, -0.25) is 19.3 Å².